The number of hydrogen-bond donors (Lipinski definition) is 1. The van der Waals surface area contributed by atoms with Crippen molar-refractivity contribution in [3.05, 3.63) is 51.0 Å². The summed E-state index contributed by atoms with van der Waals surface area (Å²) >= 11 is 7.69. The molecule has 3 aromatic rings. The summed E-state index contributed by atoms with van der Waals surface area (Å²) in [6, 6.07) is 9.15. The first-order valence-electron chi connectivity index (χ1n) is 7.40. The topological polar surface area (TPSA) is 87.4 Å². The molecule has 0 radical (unpaired) electrons. The van der Waals surface area contributed by atoms with Crippen molar-refractivity contribution in [2.24, 2.45) is 0 Å². The van der Waals surface area contributed by atoms with Gasteiger partial charge in [0.2, 0.25) is 0 Å². The monoisotopic (exact) mass is 359 g/mol. The van der Waals surface area contributed by atoms with Crippen LogP contribution in [0.15, 0.2) is 34.2 Å². The van der Waals surface area contributed by atoms with E-state index in [4.69, 9.17) is 16.9 Å². The summed E-state index contributed by atoms with van der Waals surface area (Å²) in [5.74, 6) is 0.881. The zero-order valence-electron chi connectivity index (χ0n) is 12.9. The fourth-order valence-electron chi connectivity index (χ4n) is 2.25. The van der Waals surface area contributed by atoms with Gasteiger partial charge >= 0.3 is 5.69 Å². The zero-order valence-corrected chi connectivity index (χ0v) is 14.5. The average Bonchev–Trinajstić information content (AvgIpc) is 2.90. The number of hydrogen-bond acceptors (Lipinski definition) is 5. The van der Waals surface area contributed by atoms with E-state index >= 15 is 0 Å². The lowest BCUT2D eigenvalue weighted by molar-refractivity contribution is 0.771. The molecule has 0 atom stereocenters. The molecule has 8 heteroatoms. The van der Waals surface area contributed by atoms with E-state index in [1.807, 2.05) is 12.1 Å². The number of benzene rings is 1. The molecule has 1 aromatic carbocycles. The van der Waals surface area contributed by atoms with E-state index in [2.05, 4.69) is 27.9 Å². The van der Waals surface area contributed by atoms with Crippen LogP contribution in [0.5, 0.6) is 0 Å². The second-order valence-electron chi connectivity index (χ2n) is 5.17. The lowest BCUT2D eigenvalue weighted by atomic mass is 10.1. The van der Waals surface area contributed by atoms with Crippen LogP contribution in [0.4, 0.5) is 0 Å². The molecule has 0 unspecified atom stereocenters. The third-order valence-electron chi connectivity index (χ3n) is 3.42. The van der Waals surface area contributed by atoms with Gasteiger partial charge in [-0.3, -0.25) is 4.57 Å². The van der Waals surface area contributed by atoms with Gasteiger partial charge in [-0.2, -0.15) is 5.26 Å². The van der Waals surface area contributed by atoms with Crippen LogP contribution in [0.1, 0.15) is 24.5 Å². The van der Waals surface area contributed by atoms with Crippen LogP contribution in [0, 0.1) is 11.3 Å². The molecule has 0 bridgehead atoms. The van der Waals surface area contributed by atoms with E-state index in [1.54, 1.807) is 12.1 Å². The summed E-state index contributed by atoms with van der Waals surface area (Å²) in [7, 11) is 0. The van der Waals surface area contributed by atoms with Gasteiger partial charge in [0.25, 0.3) is 0 Å². The SMILES string of the molecule is CCCSc1nc(Cl)c2[nH]c(=O)n(Cc3ccc(C#N)cc3)c2n1. The van der Waals surface area contributed by atoms with Crippen LogP contribution < -0.4 is 5.69 Å². The van der Waals surface area contributed by atoms with Gasteiger partial charge in [-0.1, -0.05) is 42.4 Å². The van der Waals surface area contributed by atoms with Crippen molar-refractivity contribution in [3.8, 4) is 6.07 Å². The molecule has 3 rings (SSSR count). The van der Waals surface area contributed by atoms with Crippen molar-refractivity contribution < 1.29 is 0 Å². The van der Waals surface area contributed by atoms with Crippen molar-refractivity contribution >= 4 is 34.5 Å². The number of H-pyrrole nitrogens is 1. The highest BCUT2D eigenvalue weighted by molar-refractivity contribution is 7.99. The fraction of sp³-hybridized carbons (Fsp3) is 0.250. The number of nitrogens with one attached hydrogen (secondary N) is 1. The molecule has 2 aromatic heterocycles. The van der Waals surface area contributed by atoms with Crippen LogP contribution in [-0.4, -0.2) is 25.3 Å². The minimum absolute atomic E-state index is 0.245. The number of nitriles is 1. The Balaban J connectivity index is 2.02. The van der Waals surface area contributed by atoms with Gasteiger partial charge in [-0.15, -0.1) is 0 Å². The standard InChI is InChI=1S/C16H14ClN5OS/c1-2-7-24-15-20-13(17)12-14(21-15)22(16(23)19-12)9-11-5-3-10(8-18)4-6-11/h3-6H,2,7,9H2,1H3,(H,19,23). The number of aromatic amines is 1. The number of nitrogens with zero attached hydrogens (tertiary/aromatic N) is 4. The molecule has 0 saturated heterocycles. The summed E-state index contributed by atoms with van der Waals surface area (Å²) in [4.78, 5) is 23.7. The molecule has 0 aliphatic heterocycles. The number of rotatable bonds is 5. The van der Waals surface area contributed by atoms with Crippen molar-refractivity contribution in [1.29, 1.82) is 5.26 Å². The van der Waals surface area contributed by atoms with E-state index in [0.717, 1.165) is 17.7 Å². The second kappa shape index (κ2) is 7.07. The maximum Gasteiger partial charge on any atom is 0.328 e. The van der Waals surface area contributed by atoms with Gasteiger partial charge in [0.1, 0.15) is 5.52 Å². The van der Waals surface area contributed by atoms with Crippen LogP contribution in [0.3, 0.4) is 0 Å². The molecular weight excluding hydrogens is 346 g/mol. The molecule has 6 nitrogen and oxygen atoms in total. The van der Waals surface area contributed by atoms with Crippen molar-refractivity contribution in [2.45, 2.75) is 25.0 Å². The second-order valence-corrected chi connectivity index (χ2v) is 6.59. The number of halogens is 1. The molecule has 0 amide bonds. The Labute approximate surface area is 147 Å². The minimum Gasteiger partial charge on any atom is -0.302 e. The normalized spacial score (nSPS) is 10.9. The van der Waals surface area contributed by atoms with E-state index in [1.165, 1.54) is 16.3 Å². The first kappa shape index (κ1) is 16.6. The Bertz CT molecular complexity index is 971. The average molecular weight is 360 g/mol. The van der Waals surface area contributed by atoms with Crippen LogP contribution in [0.2, 0.25) is 5.15 Å². The molecule has 2 heterocycles. The molecule has 24 heavy (non-hydrogen) atoms. The van der Waals surface area contributed by atoms with Gasteiger partial charge in [0.05, 0.1) is 18.2 Å². The minimum atomic E-state index is -0.289. The van der Waals surface area contributed by atoms with Crippen molar-refractivity contribution in [3.63, 3.8) is 0 Å². The lowest BCUT2D eigenvalue weighted by Crippen LogP contribution is -2.17. The van der Waals surface area contributed by atoms with Crippen LogP contribution >= 0.6 is 23.4 Å². The van der Waals surface area contributed by atoms with E-state index < -0.39 is 0 Å². The Morgan fingerprint density at radius 2 is 2.08 bits per heavy atom. The third-order valence-corrected chi connectivity index (χ3v) is 4.74. The summed E-state index contributed by atoms with van der Waals surface area (Å²) in [6.07, 6.45) is 0.995. The maximum atomic E-state index is 12.3. The molecule has 1 N–H and O–H groups in total. The highest BCUT2D eigenvalue weighted by atomic mass is 35.5. The van der Waals surface area contributed by atoms with E-state index in [0.29, 0.717) is 28.4 Å². The molecule has 122 valence electrons. The predicted molar refractivity (Wildman–Crippen MR) is 94.4 cm³/mol. The number of imidazole rings is 1. The van der Waals surface area contributed by atoms with Gasteiger partial charge in [0, 0.05) is 5.75 Å². The summed E-state index contributed by atoms with van der Waals surface area (Å²) in [5, 5.41) is 9.66. The Morgan fingerprint density at radius 1 is 1.33 bits per heavy atom. The highest BCUT2D eigenvalue weighted by Crippen LogP contribution is 2.23. The first-order chi connectivity index (χ1) is 11.6. The summed E-state index contributed by atoms with van der Waals surface area (Å²) in [5.41, 5.74) is 2.12. The largest absolute Gasteiger partial charge is 0.328 e. The van der Waals surface area contributed by atoms with Gasteiger partial charge in [0.15, 0.2) is 16.0 Å². The smallest absolute Gasteiger partial charge is 0.302 e. The Kier molecular flexibility index (Phi) is 4.88. The molecule has 0 aliphatic carbocycles. The Morgan fingerprint density at radius 3 is 2.75 bits per heavy atom. The summed E-state index contributed by atoms with van der Waals surface area (Å²) in [6.45, 7) is 2.42. The van der Waals surface area contributed by atoms with Gasteiger partial charge in [-0.25, -0.2) is 14.8 Å². The van der Waals surface area contributed by atoms with Gasteiger partial charge in [-0.05, 0) is 24.1 Å². The van der Waals surface area contributed by atoms with Crippen molar-refractivity contribution in [1.82, 2.24) is 19.5 Å². The number of thioether (sulfide) groups is 1. The third kappa shape index (κ3) is 3.30. The molecule has 0 spiro atoms. The maximum absolute atomic E-state index is 12.3. The van der Waals surface area contributed by atoms with Crippen molar-refractivity contribution in [2.75, 3.05) is 5.75 Å². The molecular formula is C16H14ClN5OS. The molecule has 0 saturated carbocycles. The molecule has 0 aliphatic rings. The van der Waals surface area contributed by atoms with E-state index in [-0.39, 0.29) is 10.8 Å². The Hall–Kier alpha value is -2.30. The summed E-state index contributed by atoms with van der Waals surface area (Å²) < 4.78 is 1.53. The number of aromatic nitrogens is 4. The van der Waals surface area contributed by atoms with E-state index in [9.17, 15) is 4.79 Å². The quantitative estimate of drug-likeness (QED) is 0.429. The highest BCUT2D eigenvalue weighted by Gasteiger charge is 2.14. The molecule has 0 fully saturated rings. The van der Waals surface area contributed by atoms with Crippen LogP contribution in [0.25, 0.3) is 11.2 Å². The first-order valence-corrected chi connectivity index (χ1v) is 8.76. The predicted octanol–water partition coefficient (Wildman–Crippen LogP) is 3.20. The number of fused-ring (bicyclic) bond motifs is 1. The van der Waals surface area contributed by atoms with Gasteiger partial charge < -0.3 is 4.98 Å². The van der Waals surface area contributed by atoms with Crippen LogP contribution in [-0.2, 0) is 6.54 Å². The zero-order chi connectivity index (χ0) is 17.1. The lowest BCUT2D eigenvalue weighted by Gasteiger charge is -2.05. The fourth-order valence-corrected chi connectivity index (χ4v) is 3.20.